The van der Waals surface area contributed by atoms with E-state index < -0.39 is 0 Å². The molecule has 0 aliphatic carbocycles. The molecule has 0 saturated heterocycles. The summed E-state index contributed by atoms with van der Waals surface area (Å²) in [5, 5.41) is 4.12. The van der Waals surface area contributed by atoms with Crippen molar-refractivity contribution in [2.45, 2.75) is 30.8 Å². The molecule has 0 amide bonds. The zero-order valence-electron chi connectivity index (χ0n) is 11.3. The van der Waals surface area contributed by atoms with Crippen molar-refractivity contribution in [3.8, 4) is 0 Å². The lowest BCUT2D eigenvalue weighted by molar-refractivity contribution is 0.527. The smallest absolute Gasteiger partial charge is 0.138 e. The third-order valence-corrected chi connectivity index (χ3v) is 4.15. The molecule has 0 fully saturated rings. The van der Waals surface area contributed by atoms with Gasteiger partial charge in [0, 0.05) is 29.7 Å². The maximum Gasteiger partial charge on any atom is 0.138 e. The van der Waals surface area contributed by atoms with Gasteiger partial charge in [0.15, 0.2) is 0 Å². The molecule has 2 rings (SSSR count). The minimum Gasteiger partial charge on any atom is -0.271 e. The van der Waals surface area contributed by atoms with Crippen LogP contribution in [0.3, 0.4) is 0 Å². The largest absolute Gasteiger partial charge is 0.271 e. The molecule has 0 radical (unpaired) electrons. The van der Waals surface area contributed by atoms with E-state index in [0.717, 1.165) is 12.4 Å². The molecule has 0 bridgehead atoms. The Kier molecular flexibility index (Phi) is 5.51. The monoisotopic (exact) mass is 295 g/mol. The van der Waals surface area contributed by atoms with E-state index in [2.05, 4.69) is 15.5 Å². The molecule has 1 atom stereocenters. The molecule has 108 valence electrons. The van der Waals surface area contributed by atoms with Crippen LogP contribution in [0.15, 0.2) is 35.5 Å². The van der Waals surface area contributed by atoms with E-state index in [1.165, 1.54) is 24.2 Å². The van der Waals surface area contributed by atoms with E-state index in [-0.39, 0.29) is 11.9 Å². The molecule has 20 heavy (non-hydrogen) atoms. The number of thioether (sulfide) groups is 1. The van der Waals surface area contributed by atoms with Crippen LogP contribution in [0.5, 0.6) is 0 Å². The molecule has 0 spiro atoms. The van der Waals surface area contributed by atoms with Crippen molar-refractivity contribution in [2.24, 2.45) is 5.84 Å². The molecule has 1 unspecified atom stereocenters. The quantitative estimate of drug-likeness (QED) is 0.461. The standard InChI is InChI=1S/C13H18FN5S/c1-2-19-13(16-9-17-19)7-10(18-15)8-20-12-6-4-3-5-11(12)14/h3-6,9-10,18H,2,7-8,15H2,1H3. The van der Waals surface area contributed by atoms with E-state index in [0.29, 0.717) is 17.1 Å². The summed E-state index contributed by atoms with van der Waals surface area (Å²) >= 11 is 1.44. The SMILES string of the molecule is CCn1ncnc1CC(CSc1ccccc1F)NN. The third kappa shape index (κ3) is 3.78. The van der Waals surface area contributed by atoms with Crippen molar-refractivity contribution in [3.63, 3.8) is 0 Å². The summed E-state index contributed by atoms with van der Waals surface area (Å²) in [6.45, 7) is 2.78. The number of hydrogen-bond donors (Lipinski definition) is 2. The fraction of sp³-hybridized carbons (Fsp3) is 0.385. The lowest BCUT2D eigenvalue weighted by atomic mass is 10.2. The molecule has 7 heteroatoms. The van der Waals surface area contributed by atoms with Gasteiger partial charge in [0.25, 0.3) is 0 Å². The van der Waals surface area contributed by atoms with Crippen LogP contribution in [0.2, 0.25) is 0 Å². The highest BCUT2D eigenvalue weighted by molar-refractivity contribution is 7.99. The van der Waals surface area contributed by atoms with Crippen LogP contribution in [-0.2, 0) is 13.0 Å². The number of hydrogen-bond acceptors (Lipinski definition) is 5. The molecular weight excluding hydrogens is 277 g/mol. The average molecular weight is 295 g/mol. The Hall–Kier alpha value is -1.44. The summed E-state index contributed by atoms with van der Waals surface area (Å²) in [5.74, 6) is 6.90. The third-order valence-electron chi connectivity index (χ3n) is 2.94. The molecule has 5 nitrogen and oxygen atoms in total. The van der Waals surface area contributed by atoms with Crippen LogP contribution in [0, 0.1) is 5.82 Å². The Morgan fingerprint density at radius 3 is 2.95 bits per heavy atom. The van der Waals surface area contributed by atoms with Gasteiger partial charge >= 0.3 is 0 Å². The van der Waals surface area contributed by atoms with Gasteiger partial charge in [-0.25, -0.2) is 9.37 Å². The Labute approximate surface area is 121 Å². The minimum absolute atomic E-state index is 0.00843. The van der Waals surface area contributed by atoms with E-state index in [9.17, 15) is 4.39 Å². The van der Waals surface area contributed by atoms with Crippen LogP contribution in [0.25, 0.3) is 0 Å². The van der Waals surface area contributed by atoms with Gasteiger partial charge in [-0.3, -0.25) is 16.0 Å². The first-order valence-corrected chi connectivity index (χ1v) is 7.43. The fourth-order valence-corrected chi connectivity index (χ4v) is 2.82. The summed E-state index contributed by atoms with van der Waals surface area (Å²) in [6, 6.07) is 6.74. The number of aryl methyl sites for hydroxylation is 1. The molecule has 1 aromatic heterocycles. The molecule has 0 aliphatic rings. The number of nitrogens with zero attached hydrogens (tertiary/aromatic N) is 3. The summed E-state index contributed by atoms with van der Waals surface area (Å²) < 4.78 is 15.4. The Bertz CT molecular complexity index is 545. The van der Waals surface area contributed by atoms with Gasteiger partial charge in [0.1, 0.15) is 18.0 Å². The topological polar surface area (TPSA) is 68.8 Å². The van der Waals surface area contributed by atoms with Gasteiger partial charge in [-0.15, -0.1) is 11.8 Å². The minimum atomic E-state index is -0.204. The first kappa shape index (κ1) is 15.0. The van der Waals surface area contributed by atoms with Gasteiger partial charge in [0.05, 0.1) is 0 Å². The molecule has 1 heterocycles. The molecule has 0 aliphatic heterocycles. The summed E-state index contributed by atoms with van der Waals surface area (Å²) in [6.07, 6.45) is 2.20. The molecular formula is C13H18FN5S. The molecule has 0 saturated carbocycles. The van der Waals surface area contributed by atoms with Crippen LogP contribution >= 0.6 is 11.8 Å². The van der Waals surface area contributed by atoms with Crippen molar-refractivity contribution in [1.29, 1.82) is 0 Å². The zero-order chi connectivity index (χ0) is 14.4. The first-order valence-electron chi connectivity index (χ1n) is 6.44. The lowest BCUT2D eigenvalue weighted by Crippen LogP contribution is -2.39. The van der Waals surface area contributed by atoms with Crippen LogP contribution < -0.4 is 11.3 Å². The van der Waals surface area contributed by atoms with Gasteiger partial charge in [-0.1, -0.05) is 12.1 Å². The van der Waals surface area contributed by atoms with Crippen molar-refractivity contribution < 1.29 is 4.39 Å². The predicted octanol–water partition coefficient (Wildman–Crippen LogP) is 1.60. The normalized spacial score (nSPS) is 12.6. The van der Waals surface area contributed by atoms with E-state index in [4.69, 9.17) is 5.84 Å². The number of aromatic nitrogens is 3. The summed E-state index contributed by atoms with van der Waals surface area (Å²) in [4.78, 5) is 4.85. The molecule has 1 aromatic carbocycles. The number of hydrazine groups is 1. The molecule has 2 aromatic rings. The van der Waals surface area contributed by atoms with Gasteiger partial charge < -0.3 is 0 Å². The Morgan fingerprint density at radius 2 is 2.25 bits per heavy atom. The first-order chi connectivity index (χ1) is 9.74. The van der Waals surface area contributed by atoms with Crippen molar-refractivity contribution in [3.05, 3.63) is 42.2 Å². The second-order valence-electron chi connectivity index (χ2n) is 4.30. The lowest BCUT2D eigenvalue weighted by Gasteiger charge is -2.15. The second-order valence-corrected chi connectivity index (χ2v) is 5.36. The highest BCUT2D eigenvalue weighted by Gasteiger charge is 2.13. The Morgan fingerprint density at radius 1 is 1.45 bits per heavy atom. The highest BCUT2D eigenvalue weighted by atomic mass is 32.2. The van der Waals surface area contributed by atoms with Crippen LogP contribution in [-0.4, -0.2) is 26.6 Å². The van der Waals surface area contributed by atoms with Crippen LogP contribution in [0.1, 0.15) is 12.7 Å². The maximum absolute atomic E-state index is 13.5. The van der Waals surface area contributed by atoms with E-state index in [1.54, 1.807) is 12.1 Å². The van der Waals surface area contributed by atoms with E-state index in [1.807, 2.05) is 17.7 Å². The molecule has 3 N–H and O–H groups in total. The maximum atomic E-state index is 13.5. The average Bonchev–Trinajstić information content (AvgIpc) is 2.92. The zero-order valence-corrected chi connectivity index (χ0v) is 12.1. The van der Waals surface area contributed by atoms with Gasteiger partial charge in [-0.05, 0) is 19.1 Å². The summed E-state index contributed by atoms with van der Waals surface area (Å²) in [7, 11) is 0. The highest BCUT2D eigenvalue weighted by Crippen LogP contribution is 2.22. The number of nitrogens with two attached hydrogens (primary N) is 1. The van der Waals surface area contributed by atoms with Crippen molar-refractivity contribution >= 4 is 11.8 Å². The van der Waals surface area contributed by atoms with Crippen molar-refractivity contribution in [2.75, 3.05) is 5.75 Å². The van der Waals surface area contributed by atoms with Gasteiger partial charge in [-0.2, -0.15) is 5.10 Å². The number of halogens is 1. The van der Waals surface area contributed by atoms with Gasteiger partial charge in [0.2, 0.25) is 0 Å². The number of nitrogens with one attached hydrogen (secondary N) is 1. The summed E-state index contributed by atoms with van der Waals surface area (Å²) in [5.41, 5.74) is 2.76. The predicted molar refractivity (Wildman–Crippen MR) is 77.6 cm³/mol. The Balaban J connectivity index is 1.94. The second kappa shape index (κ2) is 7.37. The van der Waals surface area contributed by atoms with Crippen LogP contribution in [0.4, 0.5) is 4.39 Å². The number of rotatable bonds is 7. The van der Waals surface area contributed by atoms with Crippen molar-refractivity contribution in [1.82, 2.24) is 20.2 Å². The van der Waals surface area contributed by atoms with E-state index >= 15 is 0 Å². The fourth-order valence-electron chi connectivity index (χ4n) is 1.85. The number of benzene rings is 1.